The van der Waals surface area contributed by atoms with Crippen LogP contribution in [-0.2, 0) is 0 Å². The molecule has 0 aliphatic carbocycles. The van der Waals surface area contributed by atoms with E-state index >= 15 is 0 Å². The Labute approximate surface area is 120 Å². The molecule has 0 spiro atoms. The van der Waals surface area contributed by atoms with Gasteiger partial charge in [-0.2, -0.15) is 0 Å². The predicted octanol–water partition coefficient (Wildman–Crippen LogP) is 5.17. The Hall–Kier alpha value is -1.47. The van der Waals surface area contributed by atoms with Crippen molar-refractivity contribution in [2.75, 3.05) is 6.61 Å². The van der Waals surface area contributed by atoms with Crippen molar-refractivity contribution in [1.29, 1.82) is 0 Å². The highest BCUT2D eigenvalue weighted by molar-refractivity contribution is 6.21. The highest BCUT2D eigenvalue weighted by Crippen LogP contribution is 2.36. The molecule has 0 heterocycles. The highest BCUT2D eigenvalue weighted by Gasteiger charge is 2.18. The Balaban J connectivity index is 2.12. The summed E-state index contributed by atoms with van der Waals surface area (Å²) >= 11 is 6.58. The topological polar surface area (TPSA) is 9.23 Å². The van der Waals surface area contributed by atoms with E-state index in [1.807, 2.05) is 49.4 Å². The average molecular weight is 275 g/mol. The lowest BCUT2D eigenvalue weighted by molar-refractivity contribution is 0.340. The van der Waals surface area contributed by atoms with E-state index in [0.29, 0.717) is 6.61 Å². The lowest BCUT2D eigenvalue weighted by atomic mass is 9.93. The standard InChI is InChI=1S/C17H19ClO/c1-3-19-16-11-9-15(10-12-16)17(18)13(2)14-7-5-4-6-8-14/h4-13,17H,3H2,1-2H3. The van der Waals surface area contributed by atoms with E-state index in [1.165, 1.54) is 5.56 Å². The lowest BCUT2D eigenvalue weighted by Crippen LogP contribution is -2.02. The first kappa shape index (κ1) is 14.0. The van der Waals surface area contributed by atoms with Gasteiger partial charge in [-0.25, -0.2) is 0 Å². The SMILES string of the molecule is CCOc1ccc(C(Cl)C(C)c2ccccc2)cc1. The van der Waals surface area contributed by atoms with E-state index in [-0.39, 0.29) is 11.3 Å². The smallest absolute Gasteiger partial charge is 0.119 e. The monoisotopic (exact) mass is 274 g/mol. The minimum absolute atomic E-state index is 0.0296. The van der Waals surface area contributed by atoms with Gasteiger partial charge in [-0.1, -0.05) is 49.4 Å². The zero-order chi connectivity index (χ0) is 13.7. The largest absolute Gasteiger partial charge is 0.494 e. The van der Waals surface area contributed by atoms with Crippen LogP contribution in [0.2, 0.25) is 0 Å². The van der Waals surface area contributed by atoms with Crippen molar-refractivity contribution in [3.63, 3.8) is 0 Å². The average Bonchev–Trinajstić information content (AvgIpc) is 2.48. The maximum Gasteiger partial charge on any atom is 0.119 e. The number of alkyl halides is 1. The molecule has 2 rings (SSSR count). The second-order valence-corrected chi connectivity index (χ2v) is 5.07. The first-order chi connectivity index (χ1) is 9.22. The van der Waals surface area contributed by atoms with E-state index in [1.54, 1.807) is 0 Å². The van der Waals surface area contributed by atoms with Crippen LogP contribution in [0.4, 0.5) is 0 Å². The van der Waals surface area contributed by atoms with E-state index in [0.717, 1.165) is 11.3 Å². The molecule has 0 saturated heterocycles. The first-order valence-corrected chi connectivity index (χ1v) is 7.07. The maximum atomic E-state index is 6.58. The molecule has 0 aromatic heterocycles. The number of benzene rings is 2. The minimum atomic E-state index is -0.0296. The van der Waals surface area contributed by atoms with Gasteiger partial charge in [0.2, 0.25) is 0 Å². The zero-order valence-corrected chi connectivity index (χ0v) is 12.1. The highest BCUT2D eigenvalue weighted by atomic mass is 35.5. The third kappa shape index (κ3) is 3.51. The van der Waals surface area contributed by atoms with Crippen LogP contribution in [0.1, 0.15) is 36.3 Å². The Morgan fingerprint density at radius 1 is 0.947 bits per heavy atom. The molecule has 0 fully saturated rings. The number of hydrogen-bond acceptors (Lipinski definition) is 1. The second kappa shape index (κ2) is 6.63. The predicted molar refractivity (Wildman–Crippen MR) is 81.1 cm³/mol. The normalized spacial score (nSPS) is 13.8. The minimum Gasteiger partial charge on any atom is -0.494 e. The van der Waals surface area contributed by atoms with Gasteiger partial charge in [0, 0.05) is 5.92 Å². The van der Waals surface area contributed by atoms with Crippen molar-refractivity contribution in [2.45, 2.75) is 25.1 Å². The van der Waals surface area contributed by atoms with Crippen LogP contribution in [0, 0.1) is 0 Å². The molecule has 2 unspecified atom stereocenters. The molecule has 19 heavy (non-hydrogen) atoms. The van der Waals surface area contributed by atoms with Crippen LogP contribution in [-0.4, -0.2) is 6.61 Å². The van der Waals surface area contributed by atoms with Crippen molar-refractivity contribution in [3.8, 4) is 5.75 Å². The first-order valence-electron chi connectivity index (χ1n) is 6.64. The van der Waals surface area contributed by atoms with Crippen molar-refractivity contribution in [1.82, 2.24) is 0 Å². The molecule has 0 aliphatic heterocycles. The van der Waals surface area contributed by atoms with Crippen LogP contribution < -0.4 is 4.74 Å². The van der Waals surface area contributed by atoms with Crippen molar-refractivity contribution < 1.29 is 4.74 Å². The van der Waals surface area contributed by atoms with Gasteiger partial charge in [0.1, 0.15) is 5.75 Å². The molecule has 2 heteroatoms. The summed E-state index contributed by atoms with van der Waals surface area (Å²) in [6.07, 6.45) is 0. The van der Waals surface area contributed by atoms with Gasteiger partial charge in [-0.3, -0.25) is 0 Å². The number of hydrogen-bond donors (Lipinski definition) is 0. The Kier molecular flexibility index (Phi) is 4.86. The van der Waals surface area contributed by atoms with E-state index in [2.05, 4.69) is 19.1 Å². The Morgan fingerprint density at radius 2 is 1.58 bits per heavy atom. The molecule has 0 saturated carbocycles. The second-order valence-electron chi connectivity index (χ2n) is 4.60. The van der Waals surface area contributed by atoms with Gasteiger partial charge in [-0.15, -0.1) is 11.6 Å². The summed E-state index contributed by atoms with van der Waals surface area (Å²) in [6, 6.07) is 18.4. The lowest BCUT2D eigenvalue weighted by Gasteiger charge is -2.19. The molecule has 100 valence electrons. The van der Waals surface area contributed by atoms with Crippen LogP contribution in [0.25, 0.3) is 0 Å². The van der Waals surface area contributed by atoms with E-state index < -0.39 is 0 Å². The van der Waals surface area contributed by atoms with Gasteiger partial charge in [-0.05, 0) is 30.2 Å². The quantitative estimate of drug-likeness (QED) is 0.684. The van der Waals surface area contributed by atoms with E-state index in [4.69, 9.17) is 16.3 Å². The van der Waals surface area contributed by atoms with E-state index in [9.17, 15) is 0 Å². The molecular weight excluding hydrogens is 256 g/mol. The molecule has 2 atom stereocenters. The van der Waals surface area contributed by atoms with Gasteiger partial charge in [0.05, 0.1) is 12.0 Å². The van der Waals surface area contributed by atoms with Crippen LogP contribution in [0.5, 0.6) is 5.75 Å². The summed E-state index contributed by atoms with van der Waals surface area (Å²) < 4.78 is 5.44. The molecule has 0 aliphatic rings. The summed E-state index contributed by atoms with van der Waals surface area (Å²) in [5, 5.41) is -0.0296. The van der Waals surface area contributed by atoms with Crippen molar-refractivity contribution >= 4 is 11.6 Å². The molecule has 0 amide bonds. The molecule has 1 nitrogen and oxygen atoms in total. The van der Waals surface area contributed by atoms with Crippen LogP contribution >= 0.6 is 11.6 Å². The van der Waals surface area contributed by atoms with Gasteiger partial charge in [0.25, 0.3) is 0 Å². The van der Waals surface area contributed by atoms with Crippen LogP contribution in [0.15, 0.2) is 54.6 Å². The molecule has 0 bridgehead atoms. The molecule has 2 aromatic carbocycles. The Bertz CT molecular complexity index is 492. The fraction of sp³-hybridized carbons (Fsp3) is 0.294. The summed E-state index contributed by atoms with van der Waals surface area (Å²) in [5.41, 5.74) is 2.39. The summed E-state index contributed by atoms with van der Waals surface area (Å²) in [4.78, 5) is 0. The number of ether oxygens (including phenoxy) is 1. The zero-order valence-electron chi connectivity index (χ0n) is 11.3. The van der Waals surface area contributed by atoms with Gasteiger partial charge in [0.15, 0.2) is 0 Å². The Morgan fingerprint density at radius 3 is 2.16 bits per heavy atom. The molecule has 0 radical (unpaired) electrons. The molecule has 2 aromatic rings. The summed E-state index contributed by atoms with van der Waals surface area (Å²) in [5.74, 6) is 1.17. The maximum absolute atomic E-state index is 6.58. The van der Waals surface area contributed by atoms with Crippen molar-refractivity contribution in [2.24, 2.45) is 0 Å². The molecular formula is C17H19ClO. The third-order valence-corrected chi connectivity index (χ3v) is 3.90. The summed E-state index contributed by atoms with van der Waals surface area (Å²) in [7, 11) is 0. The third-order valence-electron chi connectivity index (χ3n) is 3.27. The van der Waals surface area contributed by atoms with Crippen molar-refractivity contribution in [3.05, 3.63) is 65.7 Å². The number of rotatable bonds is 5. The van der Waals surface area contributed by atoms with Gasteiger partial charge < -0.3 is 4.74 Å². The van der Waals surface area contributed by atoms with Crippen LogP contribution in [0.3, 0.4) is 0 Å². The number of halogens is 1. The van der Waals surface area contributed by atoms with Gasteiger partial charge >= 0.3 is 0 Å². The fourth-order valence-electron chi connectivity index (χ4n) is 2.13. The summed E-state index contributed by atoms with van der Waals surface area (Å²) in [6.45, 7) is 4.82. The molecule has 0 N–H and O–H groups in total. The fourth-order valence-corrected chi connectivity index (χ4v) is 2.42.